The molecule has 4 heteroatoms. The minimum atomic E-state index is -1.11. The smallest absolute Gasteiger partial charge is 0.406 e. The van der Waals surface area contributed by atoms with Gasteiger partial charge in [-0.3, -0.25) is 0 Å². The van der Waals surface area contributed by atoms with Crippen LogP contribution >= 0.6 is 0 Å². The first-order valence-corrected chi connectivity index (χ1v) is 19.3. The quantitative estimate of drug-likeness (QED) is 0.170. The molecule has 0 atom stereocenters. The van der Waals surface area contributed by atoms with Crippen molar-refractivity contribution in [3.05, 3.63) is 206 Å². The number of anilines is 3. The van der Waals surface area contributed by atoms with Crippen LogP contribution in [0.25, 0.3) is 65.3 Å². The summed E-state index contributed by atoms with van der Waals surface area (Å²) in [5.41, 5.74) is 7.08. The number of nitrogens with zero attached hydrogens (tertiary/aromatic N) is 1. The van der Waals surface area contributed by atoms with Crippen molar-refractivity contribution in [2.24, 2.45) is 0 Å². The van der Waals surface area contributed by atoms with E-state index in [1.54, 1.807) is 0 Å². The van der Waals surface area contributed by atoms with Crippen LogP contribution in [0.4, 0.5) is 17.1 Å². The molecule has 1 aliphatic rings. The standard InChI is InChI=1S/C53H35NO3/c1-3-19-39(20-4-1)54(40-21-5-2-6-22-40)45-31-27-35-15-7-11-23-41(35)49(45)50-42-24-12-8-16-36(42)28-32-46(50)55-53-56-47-33-29-37-17-9-13-25-43(37)51(47)52-44-26-14-10-18-38(44)30-34-48(52)57-53/h1-34,53H. The Morgan fingerprint density at radius 1 is 0.333 bits per heavy atom. The highest BCUT2D eigenvalue weighted by Crippen LogP contribution is 2.51. The van der Waals surface area contributed by atoms with Crippen LogP contribution in [0.2, 0.25) is 0 Å². The second-order valence-electron chi connectivity index (χ2n) is 14.3. The molecular weight excluding hydrogens is 699 g/mol. The van der Waals surface area contributed by atoms with Gasteiger partial charge in [0.05, 0.1) is 5.69 Å². The first-order chi connectivity index (χ1) is 28.3. The van der Waals surface area contributed by atoms with E-state index in [-0.39, 0.29) is 0 Å². The maximum Gasteiger partial charge on any atom is 0.406 e. The van der Waals surface area contributed by atoms with E-state index in [0.29, 0.717) is 17.2 Å². The summed E-state index contributed by atoms with van der Waals surface area (Å²) < 4.78 is 20.8. The number of hydrogen-bond acceptors (Lipinski definition) is 4. The molecule has 1 heterocycles. The first-order valence-electron chi connectivity index (χ1n) is 19.3. The molecule has 270 valence electrons. The molecule has 0 aliphatic carbocycles. The van der Waals surface area contributed by atoms with Gasteiger partial charge in [0.15, 0.2) is 0 Å². The molecule has 0 radical (unpaired) electrons. The van der Waals surface area contributed by atoms with Crippen LogP contribution in [-0.4, -0.2) is 6.48 Å². The van der Waals surface area contributed by atoms with Crippen LogP contribution in [0, 0.1) is 0 Å². The highest BCUT2D eigenvalue weighted by Gasteiger charge is 2.30. The van der Waals surface area contributed by atoms with E-state index in [1.165, 1.54) is 0 Å². The van der Waals surface area contributed by atoms with Crippen molar-refractivity contribution in [1.82, 2.24) is 0 Å². The Kier molecular flexibility index (Phi) is 7.85. The van der Waals surface area contributed by atoms with E-state index >= 15 is 0 Å². The predicted octanol–water partition coefficient (Wildman–Crippen LogP) is 14.2. The normalized spacial score (nSPS) is 12.4. The summed E-state index contributed by atoms with van der Waals surface area (Å²) in [6.45, 7) is -1.11. The molecule has 0 saturated carbocycles. The third kappa shape index (κ3) is 5.61. The monoisotopic (exact) mass is 733 g/mol. The second kappa shape index (κ2) is 13.6. The lowest BCUT2D eigenvalue weighted by molar-refractivity contribution is -0.137. The molecule has 0 saturated heterocycles. The number of para-hydroxylation sites is 2. The Bertz CT molecular complexity index is 3000. The van der Waals surface area contributed by atoms with Gasteiger partial charge in [-0.25, -0.2) is 0 Å². The van der Waals surface area contributed by atoms with Crippen LogP contribution in [0.15, 0.2) is 206 Å². The van der Waals surface area contributed by atoms with Gasteiger partial charge in [-0.05, 0) is 91.6 Å². The molecule has 0 fully saturated rings. The minimum Gasteiger partial charge on any atom is -0.422 e. The molecule has 0 N–H and O–H groups in total. The van der Waals surface area contributed by atoms with Crippen molar-refractivity contribution in [1.29, 1.82) is 0 Å². The second-order valence-corrected chi connectivity index (χ2v) is 14.3. The number of ether oxygens (including phenoxy) is 3. The Hall–Kier alpha value is -7.56. The molecule has 10 aromatic rings. The predicted molar refractivity (Wildman–Crippen MR) is 234 cm³/mol. The SMILES string of the molecule is c1ccc(N(c2ccccc2)c2ccc3ccccc3c2-c2c(OC3Oc4ccc5ccccc5c4-c4c(ccc5ccccc45)O3)ccc3ccccc23)cc1. The van der Waals surface area contributed by atoms with Crippen molar-refractivity contribution in [3.63, 3.8) is 0 Å². The number of fused-ring (bicyclic) bond motifs is 9. The van der Waals surface area contributed by atoms with Crippen molar-refractivity contribution in [2.45, 2.75) is 6.48 Å². The molecule has 0 aromatic heterocycles. The molecule has 4 nitrogen and oxygen atoms in total. The van der Waals surface area contributed by atoms with Gasteiger partial charge in [0.25, 0.3) is 0 Å². The summed E-state index contributed by atoms with van der Waals surface area (Å²) in [5.74, 6) is 2.03. The van der Waals surface area contributed by atoms with Gasteiger partial charge in [-0.2, -0.15) is 0 Å². The van der Waals surface area contributed by atoms with E-state index in [1.807, 2.05) is 12.1 Å². The third-order valence-corrected chi connectivity index (χ3v) is 11.0. The lowest BCUT2D eigenvalue weighted by atomic mass is 9.91. The molecule has 1 aliphatic heterocycles. The minimum absolute atomic E-state index is 0.643. The van der Waals surface area contributed by atoms with Crippen molar-refractivity contribution >= 4 is 60.2 Å². The Labute approximate surface area is 330 Å². The van der Waals surface area contributed by atoms with Crippen LogP contribution in [0.3, 0.4) is 0 Å². The summed E-state index contributed by atoms with van der Waals surface area (Å²) in [6.07, 6.45) is 0. The maximum absolute atomic E-state index is 7.10. The lowest BCUT2D eigenvalue weighted by Crippen LogP contribution is -2.30. The van der Waals surface area contributed by atoms with Gasteiger partial charge >= 0.3 is 6.48 Å². The van der Waals surface area contributed by atoms with Gasteiger partial charge < -0.3 is 19.1 Å². The molecule has 0 spiro atoms. The summed E-state index contributed by atoms with van der Waals surface area (Å²) in [6, 6.07) is 71.9. The highest BCUT2D eigenvalue weighted by molar-refractivity contribution is 6.13. The summed E-state index contributed by atoms with van der Waals surface area (Å²) >= 11 is 0. The fourth-order valence-electron chi connectivity index (χ4n) is 8.50. The van der Waals surface area contributed by atoms with Gasteiger partial charge in [0.1, 0.15) is 17.2 Å². The molecule has 0 bridgehead atoms. The van der Waals surface area contributed by atoms with Crippen LogP contribution in [0.1, 0.15) is 0 Å². The molecule has 0 amide bonds. The molecular formula is C53H35NO3. The summed E-state index contributed by atoms with van der Waals surface area (Å²) in [4.78, 5) is 2.33. The maximum atomic E-state index is 7.10. The average Bonchev–Trinajstić information content (AvgIpc) is 3.44. The summed E-state index contributed by atoms with van der Waals surface area (Å²) in [7, 11) is 0. The number of benzene rings is 10. The Morgan fingerprint density at radius 2 is 0.719 bits per heavy atom. The van der Waals surface area contributed by atoms with E-state index in [4.69, 9.17) is 14.2 Å². The van der Waals surface area contributed by atoms with Crippen molar-refractivity contribution < 1.29 is 14.2 Å². The highest BCUT2D eigenvalue weighted by atomic mass is 16.8. The van der Waals surface area contributed by atoms with Gasteiger partial charge in [-0.1, -0.05) is 158 Å². The van der Waals surface area contributed by atoms with Crippen molar-refractivity contribution in [2.75, 3.05) is 4.90 Å². The first kappa shape index (κ1) is 32.8. The molecule has 10 aromatic carbocycles. The zero-order valence-corrected chi connectivity index (χ0v) is 30.9. The van der Waals surface area contributed by atoms with E-state index in [2.05, 4.69) is 199 Å². The zero-order valence-electron chi connectivity index (χ0n) is 30.9. The third-order valence-electron chi connectivity index (χ3n) is 11.0. The Morgan fingerprint density at radius 3 is 1.21 bits per heavy atom. The molecule has 57 heavy (non-hydrogen) atoms. The van der Waals surface area contributed by atoms with Gasteiger partial charge in [0, 0.05) is 33.6 Å². The van der Waals surface area contributed by atoms with Crippen LogP contribution in [-0.2, 0) is 0 Å². The fourth-order valence-corrected chi connectivity index (χ4v) is 8.50. The Balaban J connectivity index is 1.15. The van der Waals surface area contributed by atoms with Crippen LogP contribution in [0.5, 0.6) is 17.2 Å². The zero-order chi connectivity index (χ0) is 37.7. The average molecular weight is 734 g/mol. The fraction of sp³-hybridized carbons (Fsp3) is 0.0189. The topological polar surface area (TPSA) is 30.9 Å². The van der Waals surface area contributed by atoms with Gasteiger partial charge in [0.2, 0.25) is 0 Å². The molecule has 11 rings (SSSR count). The van der Waals surface area contributed by atoms with E-state index in [9.17, 15) is 0 Å². The molecule has 0 unspecified atom stereocenters. The van der Waals surface area contributed by atoms with E-state index < -0.39 is 6.48 Å². The number of hydrogen-bond donors (Lipinski definition) is 0. The number of rotatable bonds is 6. The lowest BCUT2D eigenvalue weighted by Gasteiger charge is -2.30. The van der Waals surface area contributed by atoms with Crippen molar-refractivity contribution in [3.8, 4) is 39.5 Å². The largest absolute Gasteiger partial charge is 0.422 e. The van der Waals surface area contributed by atoms with Crippen LogP contribution < -0.4 is 19.1 Å². The summed E-state index contributed by atoms with van der Waals surface area (Å²) in [5, 5.41) is 8.81. The van der Waals surface area contributed by atoms with Gasteiger partial charge in [-0.15, -0.1) is 0 Å². The van der Waals surface area contributed by atoms with E-state index in [0.717, 1.165) is 82.4 Å².